The molecular formula is C21H26N2O4. The molecule has 1 aliphatic heterocycles. The highest BCUT2D eigenvalue weighted by Gasteiger charge is 2.23. The molecule has 0 aromatic heterocycles. The molecule has 1 heterocycles. The lowest BCUT2D eigenvalue weighted by Gasteiger charge is -2.38. The molecule has 1 amide bonds. The second kappa shape index (κ2) is 8.31. The summed E-state index contributed by atoms with van der Waals surface area (Å²) in [7, 11) is 3.11. The molecule has 0 radical (unpaired) electrons. The van der Waals surface area contributed by atoms with Crippen molar-refractivity contribution in [2.45, 2.75) is 26.0 Å². The van der Waals surface area contributed by atoms with E-state index in [1.165, 1.54) is 0 Å². The summed E-state index contributed by atoms with van der Waals surface area (Å²) in [5.41, 5.74) is 2.38. The first-order valence-electron chi connectivity index (χ1n) is 9.03. The number of morpholine rings is 1. The zero-order chi connectivity index (χ0) is 19.4. The number of benzene rings is 2. The molecule has 2 unspecified atom stereocenters. The number of nitrogens with zero attached hydrogens (tertiary/aromatic N) is 1. The third kappa shape index (κ3) is 4.34. The fourth-order valence-electron chi connectivity index (χ4n) is 3.18. The van der Waals surface area contributed by atoms with Gasteiger partial charge >= 0.3 is 0 Å². The highest BCUT2D eigenvalue weighted by molar-refractivity contribution is 6.04. The zero-order valence-electron chi connectivity index (χ0n) is 16.2. The largest absolute Gasteiger partial charge is 0.493 e. The molecule has 0 bridgehead atoms. The maximum atomic E-state index is 12.5. The van der Waals surface area contributed by atoms with Gasteiger partial charge in [-0.05, 0) is 56.3 Å². The fraction of sp³-hybridized carbons (Fsp3) is 0.381. The van der Waals surface area contributed by atoms with Crippen LogP contribution in [0.1, 0.15) is 24.2 Å². The molecule has 2 atom stereocenters. The number of methoxy groups -OCH3 is 2. The van der Waals surface area contributed by atoms with Crippen LogP contribution in [0.15, 0.2) is 42.5 Å². The van der Waals surface area contributed by atoms with E-state index in [1.54, 1.807) is 32.4 Å². The SMILES string of the molecule is COc1ccc(C(=O)Nc2ccc(N3CC(C)OCC3C)cc2)cc1OC. The Hall–Kier alpha value is -2.73. The summed E-state index contributed by atoms with van der Waals surface area (Å²) in [6, 6.07) is 13.3. The van der Waals surface area contributed by atoms with Crippen LogP contribution in [-0.2, 0) is 4.74 Å². The predicted molar refractivity (Wildman–Crippen MR) is 106 cm³/mol. The van der Waals surface area contributed by atoms with Crippen LogP contribution in [0.25, 0.3) is 0 Å². The van der Waals surface area contributed by atoms with Gasteiger partial charge in [0.1, 0.15) is 0 Å². The Morgan fingerprint density at radius 1 is 1.07 bits per heavy atom. The van der Waals surface area contributed by atoms with Gasteiger partial charge in [-0.1, -0.05) is 0 Å². The average molecular weight is 370 g/mol. The number of anilines is 2. The standard InChI is InChI=1S/C21H26N2O4/c1-14-13-27-15(2)12-23(14)18-8-6-17(7-9-18)22-21(24)16-5-10-19(25-3)20(11-16)26-4/h5-11,14-15H,12-13H2,1-4H3,(H,22,24). The Morgan fingerprint density at radius 2 is 1.78 bits per heavy atom. The molecule has 0 saturated carbocycles. The lowest BCUT2D eigenvalue weighted by Crippen LogP contribution is -2.47. The van der Waals surface area contributed by atoms with E-state index in [9.17, 15) is 4.79 Å². The number of carbonyl (C=O) groups is 1. The topological polar surface area (TPSA) is 60.0 Å². The van der Waals surface area contributed by atoms with Gasteiger partial charge in [0.2, 0.25) is 0 Å². The van der Waals surface area contributed by atoms with E-state index in [1.807, 2.05) is 24.3 Å². The summed E-state index contributed by atoms with van der Waals surface area (Å²) in [5, 5.41) is 2.92. The molecule has 1 saturated heterocycles. The van der Waals surface area contributed by atoms with Crippen molar-refractivity contribution in [3.05, 3.63) is 48.0 Å². The maximum Gasteiger partial charge on any atom is 0.255 e. The number of nitrogens with one attached hydrogen (secondary N) is 1. The molecule has 1 N–H and O–H groups in total. The molecular weight excluding hydrogens is 344 g/mol. The van der Waals surface area contributed by atoms with Crippen LogP contribution >= 0.6 is 0 Å². The van der Waals surface area contributed by atoms with Crippen molar-refractivity contribution in [3.8, 4) is 11.5 Å². The van der Waals surface area contributed by atoms with E-state index in [-0.39, 0.29) is 12.0 Å². The fourth-order valence-corrected chi connectivity index (χ4v) is 3.18. The van der Waals surface area contributed by atoms with Crippen molar-refractivity contribution < 1.29 is 19.0 Å². The van der Waals surface area contributed by atoms with Crippen molar-refractivity contribution in [1.82, 2.24) is 0 Å². The highest BCUT2D eigenvalue weighted by Crippen LogP contribution is 2.28. The number of amides is 1. The Morgan fingerprint density at radius 3 is 2.44 bits per heavy atom. The smallest absolute Gasteiger partial charge is 0.255 e. The van der Waals surface area contributed by atoms with Crippen molar-refractivity contribution in [2.75, 3.05) is 37.6 Å². The number of hydrogen-bond acceptors (Lipinski definition) is 5. The molecule has 1 aliphatic rings. The first kappa shape index (κ1) is 19.0. The Balaban J connectivity index is 1.70. The number of rotatable bonds is 5. The summed E-state index contributed by atoms with van der Waals surface area (Å²) >= 11 is 0. The van der Waals surface area contributed by atoms with E-state index in [0.29, 0.717) is 23.1 Å². The van der Waals surface area contributed by atoms with Gasteiger partial charge in [-0.3, -0.25) is 4.79 Å². The monoisotopic (exact) mass is 370 g/mol. The van der Waals surface area contributed by atoms with E-state index in [4.69, 9.17) is 14.2 Å². The van der Waals surface area contributed by atoms with Gasteiger partial charge in [0.15, 0.2) is 11.5 Å². The predicted octanol–water partition coefficient (Wildman–Crippen LogP) is 3.57. The first-order valence-corrected chi connectivity index (χ1v) is 9.03. The summed E-state index contributed by atoms with van der Waals surface area (Å²) in [5.74, 6) is 0.917. The van der Waals surface area contributed by atoms with E-state index >= 15 is 0 Å². The van der Waals surface area contributed by atoms with E-state index < -0.39 is 0 Å². The lowest BCUT2D eigenvalue weighted by atomic mass is 10.1. The van der Waals surface area contributed by atoms with Crippen LogP contribution in [0, 0.1) is 0 Å². The number of ether oxygens (including phenoxy) is 3. The van der Waals surface area contributed by atoms with Gasteiger partial charge in [-0.25, -0.2) is 0 Å². The first-order chi connectivity index (χ1) is 13.0. The van der Waals surface area contributed by atoms with E-state index in [0.717, 1.165) is 24.5 Å². The molecule has 2 aromatic carbocycles. The minimum absolute atomic E-state index is 0.197. The van der Waals surface area contributed by atoms with Crippen molar-refractivity contribution >= 4 is 17.3 Å². The van der Waals surface area contributed by atoms with Gasteiger partial charge in [-0.15, -0.1) is 0 Å². The molecule has 3 rings (SSSR count). The molecule has 144 valence electrons. The minimum Gasteiger partial charge on any atom is -0.493 e. The van der Waals surface area contributed by atoms with Crippen molar-refractivity contribution in [1.29, 1.82) is 0 Å². The Labute approximate surface area is 160 Å². The van der Waals surface area contributed by atoms with Gasteiger partial charge in [-0.2, -0.15) is 0 Å². The molecule has 2 aromatic rings. The normalized spacial score (nSPS) is 19.5. The van der Waals surface area contributed by atoms with Crippen LogP contribution in [-0.4, -0.2) is 45.4 Å². The van der Waals surface area contributed by atoms with Crippen LogP contribution in [0.5, 0.6) is 11.5 Å². The zero-order valence-corrected chi connectivity index (χ0v) is 16.2. The van der Waals surface area contributed by atoms with Crippen LogP contribution < -0.4 is 19.7 Å². The van der Waals surface area contributed by atoms with Crippen LogP contribution in [0.4, 0.5) is 11.4 Å². The van der Waals surface area contributed by atoms with Crippen molar-refractivity contribution in [3.63, 3.8) is 0 Å². The average Bonchev–Trinajstić information content (AvgIpc) is 2.69. The van der Waals surface area contributed by atoms with E-state index in [2.05, 4.69) is 24.1 Å². The lowest BCUT2D eigenvalue weighted by molar-refractivity contribution is 0.0344. The molecule has 6 heteroatoms. The molecule has 0 spiro atoms. The second-order valence-electron chi connectivity index (χ2n) is 6.72. The summed E-state index contributed by atoms with van der Waals surface area (Å²) in [6.07, 6.45) is 0.214. The molecule has 0 aliphatic carbocycles. The molecule has 6 nitrogen and oxygen atoms in total. The van der Waals surface area contributed by atoms with Crippen molar-refractivity contribution in [2.24, 2.45) is 0 Å². The Bertz CT molecular complexity index is 791. The third-order valence-corrected chi connectivity index (χ3v) is 4.71. The molecule has 27 heavy (non-hydrogen) atoms. The molecule has 1 fully saturated rings. The summed E-state index contributed by atoms with van der Waals surface area (Å²) in [6.45, 7) is 5.81. The second-order valence-corrected chi connectivity index (χ2v) is 6.72. The quantitative estimate of drug-likeness (QED) is 0.872. The summed E-state index contributed by atoms with van der Waals surface area (Å²) < 4.78 is 16.1. The number of hydrogen-bond donors (Lipinski definition) is 1. The maximum absolute atomic E-state index is 12.5. The summed E-state index contributed by atoms with van der Waals surface area (Å²) in [4.78, 5) is 14.9. The van der Waals surface area contributed by atoms with Gasteiger partial charge in [0.25, 0.3) is 5.91 Å². The van der Waals surface area contributed by atoms with Gasteiger partial charge in [0, 0.05) is 29.5 Å². The number of carbonyl (C=O) groups excluding carboxylic acids is 1. The third-order valence-electron chi connectivity index (χ3n) is 4.71. The Kier molecular flexibility index (Phi) is 5.86. The van der Waals surface area contributed by atoms with Crippen LogP contribution in [0.2, 0.25) is 0 Å². The highest BCUT2D eigenvalue weighted by atomic mass is 16.5. The van der Waals surface area contributed by atoms with Crippen LogP contribution in [0.3, 0.4) is 0 Å². The van der Waals surface area contributed by atoms with Gasteiger partial charge in [0.05, 0.1) is 26.9 Å². The van der Waals surface area contributed by atoms with Gasteiger partial charge < -0.3 is 24.4 Å². The minimum atomic E-state index is -0.197.